The molecule has 12 heteroatoms. The van der Waals surface area contributed by atoms with Crippen molar-refractivity contribution < 1.29 is 14.7 Å². The van der Waals surface area contributed by atoms with Crippen molar-refractivity contribution in [1.29, 1.82) is 0 Å². The number of nitrogens with zero attached hydrogens (tertiary/aromatic N) is 6. The zero-order chi connectivity index (χ0) is 25.7. The molecule has 0 amide bonds. The number of piperazine rings is 1. The van der Waals surface area contributed by atoms with Crippen LogP contribution in [0.4, 0.5) is 0 Å². The lowest BCUT2D eigenvalue weighted by Gasteiger charge is -2.34. The summed E-state index contributed by atoms with van der Waals surface area (Å²) >= 11 is 0. The first kappa shape index (κ1) is 25.6. The van der Waals surface area contributed by atoms with E-state index in [1.54, 1.807) is 11.7 Å². The van der Waals surface area contributed by atoms with Crippen molar-refractivity contribution in [3.63, 3.8) is 0 Å². The van der Waals surface area contributed by atoms with Gasteiger partial charge in [-0.1, -0.05) is 19.4 Å². The van der Waals surface area contributed by atoms with E-state index in [4.69, 9.17) is 9.72 Å². The van der Waals surface area contributed by atoms with Gasteiger partial charge in [-0.15, -0.1) is 10.1 Å². The molecule has 1 saturated heterocycles. The van der Waals surface area contributed by atoms with Gasteiger partial charge in [0.2, 0.25) is 0 Å². The number of aromatic amines is 1. The average Bonchev–Trinajstić information content (AvgIpc) is 3.17. The molecule has 3 heterocycles. The first-order valence-electron chi connectivity index (χ1n) is 12.3. The van der Waals surface area contributed by atoms with Gasteiger partial charge in [0, 0.05) is 46.3 Å². The molecule has 1 N–H and O–H groups in total. The molecule has 0 unspecified atom stereocenters. The Morgan fingerprint density at radius 2 is 1.92 bits per heavy atom. The number of rotatable bonds is 11. The van der Waals surface area contributed by atoms with Gasteiger partial charge in [0.15, 0.2) is 5.52 Å². The van der Waals surface area contributed by atoms with Crippen molar-refractivity contribution in [2.45, 2.75) is 33.2 Å². The highest BCUT2D eigenvalue weighted by molar-refractivity contribution is 5.79. The highest BCUT2D eigenvalue weighted by Gasteiger charge is 2.20. The van der Waals surface area contributed by atoms with Crippen molar-refractivity contribution in [2.75, 3.05) is 45.9 Å². The number of aromatic nitrogens is 4. The lowest BCUT2D eigenvalue weighted by Crippen LogP contribution is -2.46. The summed E-state index contributed by atoms with van der Waals surface area (Å²) in [6, 6.07) is 6.00. The molecule has 4 rings (SSSR count). The third-order valence-corrected chi connectivity index (χ3v) is 6.32. The molecule has 12 nitrogen and oxygen atoms in total. The highest BCUT2D eigenvalue weighted by Crippen LogP contribution is 2.30. The Kier molecular flexibility index (Phi) is 8.16. The van der Waals surface area contributed by atoms with Gasteiger partial charge in [-0.25, -0.2) is 4.98 Å². The van der Waals surface area contributed by atoms with Gasteiger partial charge in [0.1, 0.15) is 23.7 Å². The molecular weight excluding hydrogens is 466 g/mol. The molecule has 3 aromatic rings. The Labute approximate surface area is 208 Å². The van der Waals surface area contributed by atoms with Crippen LogP contribution in [-0.4, -0.2) is 80.6 Å². The number of fused-ring (bicyclic) bond motifs is 1. The minimum Gasteiger partial charge on any atom is -0.493 e. The zero-order valence-corrected chi connectivity index (χ0v) is 21.0. The lowest BCUT2D eigenvalue weighted by atomic mass is 10.1. The summed E-state index contributed by atoms with van der Waals surface area (Å²) in [4.78, 5) is 40.0. The monoisotopic (exact) mass is 499 g/mol. The summed E-state index contributed by atoms with van der Waals surface area (Å²) in [6.45, 7) is 9.18. The number of hydrogen-bond acceptors (Lipinski definition) is 9. The van der Waals surface area contributed by atoms with E-state index in [1.807, 2.05) is 25.1 Å². The molecular formula is C24H33N7O5. The van der Waals surface area contributed by atoms with E-state index < -0.39 is 5.09 Å². The van der Waals surface area contributed by atoms with Gasteiger partial charge in [-0.05, 0) is 31.0 Å². The van der Waals surface area contributed by atoms with E-state index in [-0.39, 0.29) is 12.2 Å². The topological polar surface area (TPSA) is 132 Å². The van der Waals surface area contributed by atoms with Crippen LogP contribution >= 0.6 is 0 Å². The van der Waals surface area contributed by atoms with Crippen LogP contribution in [0.15, 0.2) is 23.0 Å². The maximum absolute atomic E-state index is 13.0. The Morgan fingerprint density at radius 1 is 1.17 bits per heavy atom. The Morgan fingerprint density at radius 3 is 2.61 bits per heavy atom. The van der Waals surface area contributed by atoms with E-state index in [9.17, 15) is 14.9 Å². The molecule has 1 aromatic carbocycles. The van der Waals surface area contributed by atoms with Crippen LogP contribution in [0.5, 0.6) is 5.75 Å². The predicted molar refractivity (Wildman–Crippen MR) is 134 cm³/mol. The molecule has 2 aromatic heterocycles. The standard InChI is InChI=1S/C24H33N7O5/c1-4-6-19-21-22(28(3)27-19)24(32)26-23(25-21)18-15-17(7-8-20(18)35-5-2)16-30-11-9-29(10-12-30)13-14-36-31(33)34/h7-8,15H,4-6,9-14,16H2,1-3H3,(H,25,26,32). The van der Waals surface area contributed by atoms with E-state index in [0.29, 0.717) is 35.8 Å². The van der Waals surface area contributed by atoms with Crippen molar-refractivity contribution >= 4 is 11.0 Å². The molecule has 36 heavy (non-hydrogen) atoms. The van der Waals surface area contributed by atoms with Gasteiger partial charge in [0.25, 0.3) is 10.6 Å². The summed E-state index contributed by atoms with van der Waals surface area (Å²) in [7, 11) is 1.76. The first-order chi connectivity index (χ1) is 17.4. The number of ether oxygens (including phenoxy) is 1. The van der Waals surface area contributed by atoms with Crippen LogP contribution in [0.2, 0.25) is 0 Å². The van der Waals surface area contributed by atoms with Crippen molar-refractivity contribution in [1.82, 2.24) is 29.5 Å². The SMILES string of the molecule is CCCc1nn(C)c2c(=O)[nH]c(-c3cc(CN4CCN(CCO[N+](=O)[O-])CC4)ccc3OCC)nc12. The first-order valence-corrected chi connectivity index (χ1v) is 12.3. The van der Waals surface area contributed by atoms with Gasteiger partial charge in [0.05, 0.1) is 17.9 Å². The summed E-state index contributed by atoms with van der Waals surface area (Å²) < 4.78 is 7.47. The number of H-pyrrole nitrogens is 1. The van der Waals surface area contributed by atoms with Gasteiger partial charge in [-0.3, -0.25) is 19.3 Å². The Balaban J connectivity index is 1.55. The fourth-order valence-corrected chi connectivity index (χ4v) is 4.60. The molecule has 1 fully saturated rings. The Bertz CT molecular complexity index is 1260. The summed E-state index contributed by atoms with van der Waals surface area (Å²) in [5, 5.41) is 14.1. The van der Waals surface area contributed by atoms with E-state index in [2.05, 4.69) is 31.6 Å². The largest absolute Gasteiger partial charge is 0.493 e. The fraction of sp³-hybridized carbons (Fsp3) is 0.542. The van der Waals surface area contributed by atoms with Gasteiger partial charge < -0.3 is 14.6 Å². The Hall–Kier alpha value is -3.51. The molecule has 1 aliphatic heterocycles. The van der Waals surface area contributed by atoms with E-state index >= 15 is 0 Å². The average molecular weight is 500 g/mol. The van der Waals surface area contributed by atoms with E-state index in [0.717, 1.165) is 62.4 Å². The zero-order valence-electron chi connectivity index (χ0n) is 21.0. The second kappa shape index (κ2) is 11.5. The number of hydrogen-bond donors (Lipinski definition) is 1. The van der Waals surface area contributed by atoms with Gasteiger partial charge >= 0.3 is 0 Å². The smallest absolute Gasteiger partial charge is 0.294 e. The van der Waals surface area contributed by atoms with Crippen LogP contribution in [0.1, 0.15) is 31.5 Å². The van der Waals surface area contributed by atoms with Crippen LogP contribution in [0, 0.1) is 10.1 Å². The number of nitrogens with one attached hydrogen (secondary N) is 1. The summed E-state index contributed by atoms with van der Waals surface area (Å²) in [5.74, 6) is 1.14. The molecule has 0 bridgehead atoms. The maximum Gasteiger partial charge on any atom is 0.294 e. The fourth-order valence-electron chi connectivity index (χ4n) is 4.60. The second-order valence-corrected chi connectivity index (χ2v) is 8.87. The molecule has 0 spiro atoms. The third-order valence-electron chi connectivity index (χ3n) is 6.32. The third kappa shape index (κ3) is 5.82. The molecule has 1 aliphatic rings. The van der Waals surface area contributed by atoms with Crippen LogP contribution < -0.4 is 10.3 Å². The lowest BCUT2D eigenvalue weighted by molar-refractivity contribution is -0.757. The normalized spacial score (nSPS) is 14.9. The van der Waals surface area contributed by atoms with Crippen molar-refractivity contribution in [2.24, 2.45) is 7.05 Å². The number of benzene rings is 1. The molecule has 0 radical (unpaired) electrons. The molecule has 0 aliphatic carbocycles. The minimum atomic E-state index is -0.751. The number of aryl methyl sites for hydroxylation is 2. The van der Waals surface area contributed by atoms with Crippen LogP contribution in [0.3, 0.4) is 0 Å². The highest BCUT2D eigenvalue weighted by atomic mass is 16.9. The molecule has 194 valence electrons. The van der Waals surface area contributed by atoms with E-state index in [1.165, 1.54) is 0 Å². The van der Waals surface area contributed by atoms with Crippen molar-refractivity contribution in [3.05, 3.63) is 49.9 Å². The predicted octanol–water partition coefficient (Wildman–Crippen LogP) is 2.00. The minimum absolute atomic E-state index is 0.0850. The van der Waals surface area contributed by atoms with Gasteiger partial charge in [-0.2, -0.15) is 5.10 Å². The molecule has 0 saturated carbocycles. The van der Waals surface area contributed by atoms with Crippen LogP contribution in [-0.2, 0) is 24.9 Å². The quantitative estimate of drug-likeness (QED) is 0.311. The van der Waals surface area contributed by atoms with Crippen LogP contribution in [0.25, 0.3) is 22.4 Å². The second-order valence-electron chi connectivity index (χ2n) is 8.87. The molecule has 0 atom stereocenters. The summed E-state index contributed by atoms with van der Waals surface area (Å²) in [6.07, 6.45) is 1.65. The summed E-state index contributed by atoms with van der Waals surface area (Å²) in [5.41, 5.74) is 3.52. The van der Waals surface area contributed by atoms with Crippen molar-refractivity contribution in [3.8, 4) is 17.1 Å². The maximum atomic E-state index is 13.0.